The zero-order valence-corrected chi connectivity index (χ0v) is 9.06. The van der Waals surface area contributed by atoms with Crippen LogP contribution in [0.25, 0.3) is 0 Å². The Labute approximate surface area is 89.6 Å². The number of aliphatic hydroxyl groups excluding tert-OH is 1. The monoisotopic (exact) mass is 211 g/mol. The Morgan fingerprint density at radius 3 is 2.60 bits per heavy atom. The molecule has 0 aliphatic heterocycles. The molecule has 0 radical (unpaired) electrons. The summed E-state index contributed by atoms with van der Waals surface area (Å²) in [7, 11) is 3.19. The molecule has 1 unspecified atom stereocenters. The first-order chi connectivity index (χ1) is 7.21. The second-order valence-electron chi connectivity index (χ2n) is 3.27. The molecule has 3 N–H and O–H groups in total. The SMILES string of the molecule is COc1ccc(CC(O)CN)c(OC)c1. The van der Waals surface area contributed by atoms with Crippen LogP contribution in [0.3, 0.4) is 0 Å². The average Bonchev–Trinajstić information content (AvgIpc) is 2.29. The normalized spacial score (nSPS) is 12.3. The molecule has 1 rings (SSSR count). The van der Waals surface area contributed by atoms with Gasteiger partial charge in [0.15, 0.2) is 0 Å². The number of hydrogen-bond acceptors (Lipinski definition) is 4. The fraction of sp³-hybridized carbons (Fsp3) is 0.455. The van der Waals surface area contributed by atoms with Crippen LogP contribution in [0.2, 0.25) is 0 Å². The number of rotatable bonds is 5. The fourth-order valence-electron chi connectivity index (χ4n) is 1.36. The van der Waals surface area contributed by atoms with E-state index in [4.69, 9.17) is 15.2 Å². The van der Waals surface area contributed by atoms with Gasteiger partial charge in [-0.3, -0.25) is 0 Å². The van der Waals surface area contributed by atoms with Crippen molar-refractivity contribution in [2.45, 2.75) is 12.5 Å². The third-order valence-corrected chi connectivity index (χ3v) is 2.22. The van der Waals surface area contributed by atoms with Crippen molar-refractivity contribution in [2.24, 2.45) is 5.73 Å². The Morgan fingerprint density at radius 2 is 2.07 bits per heavy atom. The van der Waals surface area contributed by atoms with E-state index < -0.39 is 6.10 Å². The molecule has 0 bridgehead atoms. The molecule has 0 aromatic heterocycles. The number of methoxy groups -OCH3 is 2. The van der Waals surface area contributed by atoms with Gasteiger partial charge in [0.05, 0.1) is 20.3 Å². The van der Waals surface area contributed by atoms with E-state index in [0.717, 1.165) is 11.3 Å². The molecule has 1 aromatic rings. The molecule has 84 valence electrons. The molecule has 15 heavy (non-hydrogen) atoms. The summed E-state index contributed by atoms with van der Waals surface area (Å²) in [4.78, 5) is 0. The van der Waals surface area contributed by atoms with Gasteiger partial charge in [0.25, 0.3) is 0 Å². The van der Waals surface area contributed by atoms with Gasteiger partial charge in [0.2, 0.25) is 0 Å². The van der Waals surface area contributed by atoms with Crippen LogP contribution in [0.5, 0.6) is 11.5 Å². The van der Waals surface area contributed by atoms with Crippen LogP contribution in [0.15, 0.2) is 18.2 Å². The fourth-order valence-corrected chi connectivity index (χ4v) is 1.36. The summed E-state index contributed by atoms with van der Waals surface area (Å²) in [6, 6.07) is 5.50. The first-order valence-corrected chi connectivity index (χ1v) is 4.80. The van der Waals surface area contributed by atoms with Crippen molar-refractivity contribution in [3.05, 3.63) is 23.8 Å². The van der Waals surface area contributed by atoms with Gasteiger partial charge >= 0.3 is 0 Å². The van der Waals surface area contributed by atoms with Crippen molar-refractivity contribution in [3.63, 3.8) is 0 Å². The van der Waals surface area contributed by atoms with Crippen molar-refractivity contribution in [1.82, 2.24) is 0 Å². The van der Waals surface area contributed by atoms with Gasteiger partial charge < -0.3 is 20.3 Å². The predicted octanol–water partition coefficient (Wildman–Crippen LogP) is 0.566. The molecule has 1 aromatic carbocycles. The summed E-state index contributed by atoms with van der Waals surface area (Å²) in [5.41, 5.74) is 6.28. The minimum atomic E-state index is -0.535. The van der Waals surface area contributed by atoms with Crippen molar-refractivity contribution in [1.29, 1.82) is 0 Å². The highest BCUT2D eigenvalue weighted by atomic mass is 16.5. The first kappa shape index (κ1) is 11.8. The zero-order chi connectivity index (χ0) is 11.3. The molecular formula is C11H17NO3. The van der Waals surface area contributed by atoms with Crippen LogP contribution >= 0.6 is 0 Å². The highest BCUT2D eigenvalue weighted by Crippen LogP contribution is 2.25. The average molecular weight is 211 g/mol. The first-order valence-electron chi connectivity index (χ1n) is 4.80. The van der Waals surface area contributed by atoms with Crippen LogP contribution < -0.4 is 15.2 Å². The van der Waals surface area contributed by atoms with Gasteiger partial charge in [-0.15, -0.1) is 0 Å². The van der Waals surface area contributed by atoms with Crippen LogP contribution in [-0.4, -0.2) is 32.0 Å². The Hall–Kier alpha value is -1.26. The highest BCUT2D eigenvalue weighted by molar-refractivity contribution is 5.41. The van der Waals surface area contributed by atoms with Gasteiger partial charge in [-0.2, -0.15) is 0 Å². The van der Waals surface area contributed by atoms with Crippen molar-refractivity contribution >= 4 is 0 Å². The minimum absolute atomic E-state index is 0.245. The lowest BCUT2D eigenvalue weighted by molar-refractivity contribution is 0.182. The van der Waals surface area contributed by atoms with Crippen molar-refractivity contribution in [2.75, 3.05) is 20.8 Å². The summed E-state index contributed by atoms with van der Waals surface area (Å²) in [5, 5.41) is 9.45. The number of ether oxygens (including phenoxy) is 2. The molecule has 0 heterocycles. The minimum Gasteiger partial charge on any atom is -0.497 e. The maximum Gasteiger partial charge on any atom is 0.125 e. The van der Waals surface area contributed by atoms with Gasteiger partial charge in [0.1, 0.15) is 11.5 Å². The molecule has 0 aliphatic carbocycles. The molecule has 0 aliphatic rings. The molecule has 0 amide bonds. The molecular weight excluding hydrogens is 194 g/mol. The van der Waals surface area contributed by atoms with E-state index in [1.807, 2.05) is 12.1 Å². The molecule has 0 spiro atoms. The van der Waals surface area contributed by atoms with E-state index in [2.05, 4.69) is 0 Å². The topological polar surface area (TPSA) is 64.7 Å². The lowest BCUT2D eigenvalue weighted by Gasteiger charge is -2.12. The van der Waals surface area contributed by atoms with E-state index in [1.165, 1.54) is 0 Å². The number of hydrogen-bond donors (Lipinski definition) is 2. The number of benzene rings is 1. The Balaban J connectivity index is 2.87. The zero-order valence-electron chi connectivity index (χ0n) is 9.06. The quantitative estimate of drug-likeness (QED) is 0.747. The van der Waals surface area contributed by atoms with E-state index in [-0.39, 0.29) is 6.54 Å². The number of nitrogens with two attached hydrogens (primary N) is 1. The lowest BCUT2D eigenvalue weighted by Crippen LogP contribution is -2.22. The summed E-state index contributed by atoms with van der Waals surface area (Å²) in [5.74, 6) is 1.44. The third kappa shape index (κ3) is 3.11. The van der Waals surface area contributed by atoms with Crippen LogP contribution in [0.4, 0.5) is 0 Å². The van der Waals surface area contributed by atoms with Gasteiger partial charge in [-0.05, 0) is 11.6 Å². The highest BCUT2D eigenvalue weighted by Gasteiger charge is 2.09. The molecule has 4 heteroatoms. The summed E-state index contributed by atoms with van der Waals surface area (Å²) in [6.45, 7) is 0.245. The third-order valence-electron chi connectivity index (χ3n) is 2.22. The van der Waals surface area contributed by atoms with Crippen LogP contribution in [0.1, 0.15) is 5.56 Å². The van der Waals surface area contributed by atoms with Crippen LogP contribution in [0, 0.1) is 0 Å². The molecule has 0 fully saturated rings. The van der Waals surface area contributed by atoms with Crippen molar-refractivity contribution in [3.8, 4) is 11.5 Å². The lowest BCUT2D eigenvalue weighted by atomic mass is 10.1. The smallest absolute Gasteiger partial charge is 0.125 e. The van der Waals surface area contributed by atoms with E-state index >= 15 is 0 Å². The maximum absolute atomic E-state index is 9.45. The largest absolute Gasteiger partial charge is 0.497 e. The summed E-state index contributed by atoms with van der Waals surface area (Å²) < 4.78 is 10.3. The Kier molecular flexibility index (Phi) is 4.39. The van der Waals surface area contributed by atoms with E-state index in [1.54, 1.807) is 20.3 Å². The second-order valence-corrected chi connectivity index (χ2v) is 3.27. The van der Waals surface area contributed by atoms with Gasteiger partial charge in [0, 0.05) is 19.0 Å². The second kappa shape index (κ2) is 5.58. The Morgan fingerprint density at radius 1 is 1.33 bits per heavy atom. The van der Waals surface area contributed by atoms with Crippen molar-refractivity contribution < 1.29 is 14.6 Å². The summed E-state index contributed by atoms with van der Waals surface area (Å²) >= 11 is 0. The summed E-state index contributed by atoms with van der Waals surface area (Å²) in [6.07, 6.45) is -0.0452. The number of aliphatic hydroxyl groups is 1. The molecule has 1 atom stereocenters. The van der Waals surface area contributed by atoms with Gasteiger partial charge in [-0.25, -0.2) is 0 Å². The molecule has 0 saturated heterocycles. The predicted molar refractivity (Wildman–Crippen MR) is 58.3 cm³/mol. The van der Waals surface area contributed by atoms with E-state index in [0.29, 0.717) is 12.2 Å². The van der Waals surface area contributed by atoms with Crippen LogP contribution in [-0.2, 0) is 6.42 Å². The van der Waals surface area contributed by atoms with Gasteiger partial charge in [-0.1, -0.05) is 6.07 Å². The Bertz CT molecular complexity index is 315. The standard InChI is InChI=1S/C11H17NO3/c1-14-10-4-3-8(5-9(13)7-12)11(6-10)15-2/h3-4,6,9,13H,5,7,12H2,1-2H3. The molecule has 4 nitrogen and oxygen atoms in total. The molecule has 0 saturated carbocycles. The van der Waals surface area contributed by atoms with E-state index in [9.17, 15) is 5.11 Å². The maximum atomic E-state index is 9.45.